The average Bonchev–Trinajstić information content (AvgIpc) is 2.85. The summed E-state index contributed by atoms with van der Waals surface area (Å²) >= 11 is 0. The maximum atomic E-state index is 12.3. The fraction of sp³-hybridized carbons (Fsp3) is 0.500. The van der Waals surface area contributed by atoms with Crippen molar-refractivity contribution in [3.63, 3.8) is 0 Å². The molecule has 0 spiro atoms. The molecule has 2 rings (SSSR count). The van der Waals surface area contributed by atoms with Crippen molar-refractivity contribution in [1.82, 2.24) is 0 Å². The predicted molar refractivity (Wildman–Crippen MR) is 96.0 cm³/mol. The lowest BCUT2D eigenvalue weighted by molar-refractivity contribution is -0.147. The van der Waals surface area contributed by atoms with Crippen molar-refractivity contribution in [2.45, 2.75) is 51.9 Å². The van der Waals surface area contributed by atoms with E-state index in [9.17, 15) is 14.7 Å². The van der Waals surface area contributed by atoms with Crippen molar-refractivity contribution < 1.29 is 29.3 Å². The fourth-order valence-electron chi connectivity index (χ4n) is 3.14. The fourth-order valence-corrected chi connectivity index (χ4v) is 3.14. The molecule has 0 aromatic carbocycles. The second-order valence-corrected chi connectivity index (χ2v) is 6.85. The van der Waals surface area contributed by atoms with Crippen LogP contribution in [0.3, 0.4) is 0 Å². The Morgan fingerprint density at radius 3 is 2.81 bits per heavy atom. The molecule has 2 N–H and O–H groups in total. The topological polar surface area (TPSA) is 93.1 Å². The Kier molecular flexibility index (Phi) is 6.56. The smallest absolute Gasteiger partial charge is 0.334 e. The molecule has 0 saturated carbocycles. The molecule has 2 aliphatic rings. The number of aliphatic hydroxyl groups excluding tert-OH is 2. The van der Waals surface area contributed by atoms with Crippen LogP contribution >= 0.6 is 0 Å². The summed E-state index contributed by atoms with van der Waals surface area (Å²) in [4.78, 5) is 24.4. The van der Waals surface area contributed by atoms with E-state index in [4.69, 9.17) is 14.6 Å². The average molecular weight is 362 g/mol. The van der Waals surface area contributed by atoms with Gasteiger partial charge in [0.15, 0.2) is 0 Å². The Bertz CT molecular complexity index is 684. The van der Waals surface area contributed by atoms with Crippen molar-refractivity contribution in [2.24, 2.45) is 5.92 Å². The molecule has 1 fully saturated rings. The molecule has 0 unspecified atom stereocenters. The Hall–Kier alpha value is -2.18. The highest BCUT2D eigenvalue weighted by atomic mass is 16.6. The summed E-state index contributed by atoms with van der Waals surface area (Å²) in [6.07, 6.45) is 3.87. The summed E-state index contributed by atoms with van der Waals surface area (Å²) < 4.78 is 11.1. The summed E-state index contributed by atoms with van der Waals surface area (Å²) in [5.41, 5.74) is 2.17. The molecule has 6 nitrogen and oxygen atoms in total. The Labute approximate surface area is 153 Å². The molecule has 26 heavy (non-hydrogen) atoms. The largest absolute Gasteiger partial charge is 0.458 e. The van der Waals surface area contributed by atoms with Crippen molar-refractivity contribution in [3.8, 4) is 0 Å². The number of hydrogen-bond donors (Lipinski definition) is 2. The Morgan fingerprint density at radius 2 is 2.15 bits per heavy atom. The second kappa shape index (κ2) is 8.47. The molecule has 6 heteroatoms. The third-order valence-electron chi connectivity index (χ3n) is 4.81. The number of esters is 2. The van der Waals surface area contributed by atoms with Crippen LogP contribution < -0.4 is 0 Å². The number of ether oxygens (including phenoxy) is 2. The van der Waals surface area contributed by atoms with Crippen LogP contribution in [0.2, 0.25) is 0 Å². The SMILES string of the molecule is C=C1C(=O)O[C@H]2/C=C(/C)[C@H](O)C/C=C(/C)C[C@@H](OC(=O)/C(C)=C/CO)[C@H]12. The van der Waals surface area contributed by atoms with Gasteiger partial charge in [0.1, 0.15) is 12.2 Å². The molecule has 0 aromatic heterocycles. The Morgan fingerprint density at radius 1 is 1.46 bits per heavy atom. The lowest BCUT2D eigenvalue weighted by atomic mass is 9.85. The number of fused-ring (bicyclic) bond motifs is 1. The molecular weight excluding hydrogens is 336 g/mol. The van der Waals surface area contributed by atoms with E-state index >= 15 is 0 Å². The van der Waals surface area contributed by atoms with Crippen LogP contribution in [0, 0.1) is 5.92 Å². The molecule has 4 atom stereocenters. The normalized spacial score (nSPS) is 34.1. The number of rotatable bonds is 3. The van der Waals surface area contributed by atoms with Gasteiger partial charge in [0.25, 0.3) is 0 Å². The monoisotopic (exact) mass is 362 g/mol. The number of carbonyl (C=O) groups is 2. The highest BCUT2D eigenvalue weighted by Crippen LogP contribution is 2.36. The standard InChI is InChI=1S/C20H26O6/c1-11-5-6-15(22)13(3)10-17-18(14(4)20(24)26-17)16(9-11)25-19(23)12(2)7-8-21/h5,7,10,15-18,21-22H,4,6,8-9H2,1-3H3/b11-5-,12-7+,13-10-/t15-,16-,17+,18+/m1/s1. The molecule has 1 heterocycles. The number of hydrogen-bond acceptors (Lipinski definition) is 6. The summed E-state index contributed by atoms with van der Waals surface area (Å²) in [5, 5.41) is 19.2. The molecule has 0 radical (unpaired) electrons. The number of carbonyl (C=O) groups excluding carboxylic acids is 2. The number of aliphatic hydroxyl groups is 2. The highest BCUT2D eigenvalue weighted by Gasteiger charge is 2.44. The Balaban J connectivity index is 2.39. The zero-order chi connectivity index (χ0) is 19.4. The quantitative estimate of drug-likeness (QED) is 0.453. The van der Waals surface area contributed by atoms with Crippen LogP contribution in [0.25, 0.3) is 0 Å². The molecule has 1 saturated heterocycles. The van der Waals surface area contributed by atoms with E-state index in [2.05, 4.69) is 6.58 Å². The van der Waals surface area contributed by atoms with Gasteiger partial charge in [-0.2, -0.15) is 0 Å². The minimum Gasteiger partial charge on any atom is -0.458 e. The van der Waals surface area contributed by atoms with Crippen LogP contribution in [0.1, 0.15) is 33.6 Å². The maximum Gasteiger partial charge on any atom is 0.334 e. The minimum absolute atomic E-state index is 0.253. The van der Waals surface area contributed by atoms with Crippen LogP contribution in [-0.4, -0.2) is 47.1 Å². The van der Waals surface area contributed by atoms with Gasteiger partial charge in [0.05, 0.1) is 18.6 Å². The van der Waals surface area contributed by atoms with E-state index in [0.29, 0.717) is 24.0 Å². The van der Waals surface area contributed by atoms with E-state index < -0.39 is 36.2 Å². The van der Waals surface area contributed by atoms with Crippen molar-refractivity contribution in [3.05, 3.63) is 47.1 Å². The zero-order valence-corrected chi connectivity index (χ0v) is 15.4. The lowest BCUT2D eigenvalue weighted by Gasteiger charge is -2.28. The van der Waals surface area contributed by atoms with E-state index in [1.165, 1.54) is 6.08 Å². The van der Waals surface area contributed by atoms with E-state index in [-0.39, 0.29) is 12.2 Å². The highest BCUT2D eigenvalue weighted by molar-refractivity contribution is 5.92. The van der Waals surface area contributed by atoms with Crippen LogP contribution in [0.5, 0.6) is 0 Å². The first-order valence-electron chi connectivity index (χ1n) is 8.65. The first-order valence-corrected chi connectivity index (χ1v) is 8.65. The van der Waals surface area contributed by atoms with Gasteiger partial charge in [-0.25, -0.2) is 9.59 Å². The van der Waals surface area contributed by atoms with Crippen molar-refractivity contribution >= 4 is 11.9 Å². The molecule has 0 bridgehead atoms. The third-order valence-corrected chi connectivity index (χ3v) is 4.81. The molecule has 142 valence electrons. The zero-order valence-electron chi connectivity index (χ0n) is 15.4. The van der Waals surface area contributed by atoms with E-state index in [1.54, 1.807) is 19.9 Å². The van der Waals surface area contributed by atoms with Gasteiger partial charge in [-0.15, -0.1) is 0 Å². The first-order chi connectivity index (χ1) is 12.2. The van der Waals surface area contributed by atoms with E-state index in [1.807, 2.05) is 13.0 Å². The van der Waals surface area contributed by atoms with Gasteiger partial charge in [0.2, 0.25) is 0 Å². The molecular formula is C20H26O6. The van der Waals surface area contributed by atoms with Crippen LogP contribution in [-0.2, 0) is 19.1 Å². The van der Waals surface area contributed by atoms with Gasteiger partial charge in [-0.1, -0.05) is 18.2 Å². The third kappa shape index (κ3) is 4.51. The van der Waals surface area contributed by atoms with Crippen LogP contribution in [0.4, 0.5) is 0 Å². The minimum atomic E-state index is -0.660. The van der Waals surface area contributed by atoms with Gasteiger partial charge in [-0.3, -0.25) is 0 Å². The lowest BCUT2D eigenvalue weighted by Crippen LogP contribution is -2.34. The van der Waals surface area contributed by atoms with Crippen LogP contribution in [0.15, 0.2) is 47.1 Å². The van der Waals surface area contributed by atoms with Gasteiger partial charge >= 0.3 is 11.9 Å². The summed E-state index contributed by atoms with van der Waals surface area (Å²) in [6.45, 7) is 8.79. The molecule has 0 amide bonds. The summed E-state index contributed by atoms with van der Waals surface area (Å²) in [6, 6.07) is 0. The molecule has 1 aliphatic carbocycles. The van der Waals surface area contributed by atoms with Gasteiger partial charge < -0.3 is 19.7 Å². The predicted octanol–water partition coefficient (Wildman–Crippen LogP) is 1.98. The van der Waals surface area contributed by atoms with Gasteiger partial charge in [0, 0.05) is 17.6 Å². The van der Waals surface area contributed by atoms with Crippen molar-refractivity contribution in [1.29, 1.82) is 0 Å². The van der Waals surface area contributed by atoms with Crippen molar-refractivity contribution in [2.75, 3.05) is 6.61 Å². The van der Waals surface area contributed by atoms with Gasteiger partial charge in [-0.05, 0) is 44.9 Å². The van der Waals surface area contributed by atoms with E-state index in [0.717, 1.165) is 5.57 Å². The second-order valence-electron chi connectivity index (χ2n) is 6.85. The molecule has 1 aliphatic heterocycles. The maximum absolute atomic E-state index is 12.3. The first kappa shape index (κ1) is 20.1. The summed E-state index contributed by atoms with van der Waals surface area (Å²) in [5.74, 6) is -1.61. The molecule has 0 aromatic rings. The summed E-state index contributed by atoms with van der Waals surface area (Å²) in [7, 11) is 0.